The summed E-state index contributed by atoms with van der Waals surface area (Å²) in [7, 11) is 1.87. The van der Waals surface area contributed by atoms with Gasteiger partial charge >= 0.3 is 5.69 Å². The number of hydrogen-bond acceptors (Lipinski definition) is 5. The SMILES string of the molecule is Cc1nc(N(C)C(C)CC(=N)N)cc2n[nH]c(=O)n12. The fourth-order valence-corrected chi connectivity index (χ4v) is 1.94. The van der Waals surface area contributed by atoms with Crippen LogP contribution in [-0.4, -0.2) is 38.5 Å². The van der Waals surface area contributed by atoms with Crippen LogP contribution in [0.1, 0.15) is 19.2 Å². The molecular weight excluding hydrogens is 246 g/mol. The highest BCUT2D eigenvalue weighted by atomic mass is 16.1. The molecule has 8 nitrogen and oxygen atoms in total. The lowest BCUT2D eigenvalue weighted by molar-refractivity contribution is 0.696. The molecule has 2 rings (SSSR count). The zero-order chi connectivity index (χ0) is 14.2. The smallest absolute Gasteiger partial charge is 0.349 e. The molecule has 0 fully saturated rings. The summed E-state index contributed by atoms with van der Waals surface area (Å²) < 4.78 is 1.41. The van der Waals surface area contributed by atoms with Crippen LogP contribution in [0.2, 0.25) is 0 Å². The first-order valence-corrected chi connectivity index (χ1v) is 5.90. The fourth-order valence-electron chi connectivity index (χ4n) is 1.94. The summed E-state index contributed by atoms with van der Waals surface area (Å²) in [5, 5.41) is 13.6. The molecule has 0 radical (unpaired) electrons. The predicted molar refractivity (Wildman–Crippen MR) is 72.7 cm³/mol. The Bertz CT molecular complexity index is 671. The minimum Gasteiger partial charge on any atom is -0.388 e. The predicted octanol–water partition coefficient (Wildman–Crippen LogP) is -0.123. The van der Waals surface area contributed by atoms with Gasteiger partial charge in [-0.2, -0.15) is 5.10 Å². The Labute approximate surface area is 109 Å². The molecular formula is C11H17N7O. The van der Waals surface area contributed by atoms with Crippen molar-refractivity contribution in [2.45, 2.75) is 26.3 Å². The van der Waals surface area contributed by atoms with E-state index in [9.17, 15) is 4.79 Å². The number of hydrogen-bond donors (Lipinski definition) is 3. The normalized spacial score (nSPS) is 12.6. The van der Waals surface area contributed by atoms with Crippen LogP contribution in [0, 0.1) is 12.3 Å². The molecule has 1 atom stereocenters. The molecule has 0 saturated heterocycles. The fraction of sp³-hybridized carbons (Fsp3) is 0.455. The van der Waals surface area contributed by atoms with Crippen molar-refractivity contribution in [2.24, 2.45) is 5.73 Å². The van der Waals surface area contributed by atoms with Crippen LogP contribution in [0.25, 0.3) is 5.65 Å². The van der Waals surface area contributed by atoms with Crippen molar-refractivity contribution in [2.75, 3.05) is 11.9 Å². The maximum absolute atomic E-state index is 11.5. The minimum atomic E-state index is -0.300. The molecule has 102 valence electrons. The summed E-state index contributed by atoms with van der Waals surface area (Å²) in [5.74, 6) is 1.39. The summed E-state index contributed by atoms with van der Waals surface area (Å²) in [6, 6.07) is 1.76. The Kier molecular flexibility index (Phi) is 3.24. The van der Waals surface area contributed by atoms with Gasteiger partial charge in [-0.25, -0.2) is 19.3 Å². The van der Waals surface area contributed by atoms with Crippen LogP contribution in [-0.2, 0) is 0 Å². The number of aryl methyl sites for hydroxylation is 1. The van der Waals surface area contributed by atoms with Crippen molar-refractivity contribution in [3.8, 4) is 0 Å². The van der Waals surface area contributed by atoms with Gasteiger partial charge in [0.25, 0.3) is 0 Å². The molecule has 2 heterocycles. The van der Waals surface area contributed by atoms with Crippen LogP contribution in [0.15, 0.2) is 10.9 Å². The van der Waals surface area contributed by atoms with Gasteiger partial charge in [-0.3, -0.25) is 5.41 Å². The summed E-state index contributed by atoms with van der Waals surface area (Å²) in [4.78, 5) is 17.8. The van der Waals surface area contributed by atoms with Crippen LogP contribution in [0.3, 0.4) is 0 Å². The number of fused-ring (bicyclic) bond motifs is 1. The number of nitrogens with zero attached hydrogens (tertiary/aromatic N) is 4. The van der Waals surface area contributed by atoms with E-state index in [2.05, 4.69) is 15.2 Å². The Morgan fingerprint density at radius 2 is 2.37 bits per heavy atom. The monoisotopic (exact) mass is 263 g/mol. The van der Waals surface area contributed by atoms with Crippen molar-refractivity contribution in [3.05, 3.63) is 22.4 Å². The van der Waals surface area contributed by atoms with Gasteiger partial charge in [0.15, 0.2) is 5.65 Å². The van der Waals surface area contributed by atoms with Gasteiger partial charge in [-0.15, -0.1) is 0 Å². The average Bonchev–Trinajstić information content (AvgIpc) is 2.69. The largest absolute Gasteiger partial charge is 0.388 e. The van der Waals surface area contributed by atoms with Gasteiger partial charge in [-0.1, -0.05) is 0 Å². The van der Waals surface area contributed by atoms with E-state index < -0.39 is 0 Å². The molecule has 0 aliphatic carbocycles. The number of aromatic nitrogens is 4. The standard InChI is InChI=1S/C11H17N7O/c1-6(4-8(12)13)17(3)9-5-10-15-16-11(19)18(10)7(2)14-9/h5-6H,4H2,1-3H3,(H3,12,13)(H,16,19). The van der Waals surface area contributed by atoms with Crippen LogP contribution < -0.4 is 16.3 Å². The van der Waals surface area contributed by atoms with E-state index in [4.69, 9.17) is 11.1 Å². The second-order valence-corrected chi connectivity index (χ2v) is 4.57. The Morgan fingerprint density at radius 3 is 3.00 bits per heavy atom. The first kappa shape index (κ1) is 13.1. The van der Waals surface area contributed by atoms with Gasteiger partial charge in [-0.05, 0) is 13.8 Å². The first-order chi connectivity index (χ1) is 8.90. The molecule has 0 bridgehead atoms. The number of nitrogens with one attached hydrogen (secondary N) is 2. The topological polar surface area (TPSA) is 116 Å². The average molecular weight is 263 g/mol. The Hall–Kier alpha value is -2.38. The lowest BCUT2D eigenvalue weighted by atomic mass is 10.2. The number of nitrogens with two attached hydrogens (primary N) is 1. The first-order valence-electron chi connectivity index (χ1n) is 5.90. The molecule has 0 aromatic carbocycles. The molecule has 0 amide bonds. The minimum absolute atomic E-state index is 0.0394. The second kappa shape index (κ2) is 4.71. The van der Waals surface area contributed by atoms with Gasteiger partial charge < -0.3 is 10.6 Å². The number of rotatable bonds is 4. The maximum Gasteiger partial charge on any atom is 0.349 e. The highest BCUT2D eigenvalue weighted by molar-refractivity contribution is 5.78. The van der Waals surface area contributed by atoms with E-state index in [1.165, 1.54) is 4.40 Å². The zero-order valence-corrected chi connectivity index (χ0v) is 11.1. The van der Waals surface area contributed by atoms with E-state index in [0.29, 0.717) is 23.7 Å². The van der Waals surface area contributed by atoms with E-state index in [1.54, 1.807) is 13.0 Å². The van der Waals surface area contributed by atoms with Gasteiger partial charge in [0.2, 0.25) is 0 Å². The summed E-state index contributed by atoms with van der Waals surface area (Å²) in [6.45, 7) is 3.70. The highest BCUT2D eigenvalue weighted by Crippen LogP contribution is 2.15. The third-order valence-corrected chi connectivity index (χ3v) is 3.09. The van der Waals surface area contributed by atoms with Gasteiger partial charge in [0.1, 0.15) is 11.6 Å². The maximum atomic E-state index is 11.5. The molecule has 4 N–H and O–H groups in total. The van der Waals surface area contributed by atoms with E-state index >= 15 is 0 Å². The van der Waals surface area contributed by atoms with Crippen molar-refractivity contribution in [3.63, 3.8) is 0 Å². The summed E-state index contributed by atoms with van der Waals surface area (Å²) >= 11 is 0. The van der Waals surface area contributed by atoms with Gasteiger partial charge in [0, 0.05) is 25.6 Å². The Balaban J connectivity index is 2.40. The molecule has 2 aromatic heterocycles. The van der Waals surface area contributed by atoms with Crippen LogP contribution in [0.4, 0.5) is 5.82 Å². The molecule has 2 aromatic rings. The third-order valence-electron chi connectivity index (χ3n) is 3.09. The highest BCUT2D eigenvalue weighted by Gasteiger charge is 2.15. The number of amidine groups is 1. The molecule has 0 aliphatic heterocycles. The Morgan fingerprint density at radius 1 is 1.68 bits per heavy atom. The van der Waals surface area contributed by atoms with E-state index in [0.717, 1.165) is 0 Å². The van der Waals surface area contributed by atoms with Crippen molar-refractivity contribution < 1.29 is 0 Å². The van der Waals surface area contributed by atoms with Crippen molar-refractivity contribution in [1.29, 1.82) is 5.41 Å². The molecule has 0 aliphatic rings. The molecule has 19 heavy (non-hydrogen) atoms. The molecule has 0 spiro atoms. The van der Waals surface area contributed by atoms with Crippen molar-refractivity contribution >= 4 is 17.3 Å². The zero-order valence-electron chi connectivity index (χ0n) is 11.1. The number of H-pyrrole nitrogens is 1. The summed E-state index contributed by atoms with van der Waals surface area (Å²) in [6.07, 6.45) is 0.454. The number of anilines is 1. The van der Waals surface area contributed by atoms with Crippen LogP contribution >= 0.6 is 0 Å². The summed E-state index contributed by atoms with van der Waals surface area (Å²) in [5.41, 5.74) is 5.63. The lowest BCUT2D eigenvalue weighted by Crippen LogP contribution is -2.33. The number of aromatic amines is 1. The molecule has 8 heteroatoms. The second-order valence-electron chi connectivity index (χ2n) is 4.57. The van der Waals surface area contributed by atoms with Crippen LogP contribution in [0.5, 0.6) is 0 Å². The van der Waals surface area contributed by atoms with E-state index in [1.807, 2.05) is 18.9 Å². The molecule has 0 saturated carbocycles. The lowest BCUT2D eigenvalue weighted by Gasteiger charge is -2.25. The third kappa shape index (κ3) is 2.42. The van der Waals surface area contributed by atoms with E-state index in [-0.39, 0.29) is 17.6 Å². The van der Waals surface area contributed by atoms with Gasteiger partial charge in [0.05, 0.1) is 5.84 Å². The quantitative estimate of drug-likeness (QED) is 0.525. The molecule has 1 unspecified atom stereocenters. The van der Waals surface area contributed by atoms with Crippen molar-refractivity contribution in [1.82, 2.24) is 19.6 Å².